The third-order valence-electron chi connectivity index (χ3n) is 15.1. The molecular formula is C52H51N. The Labute approximate surface area is 316 Å². The van der Waals surface area contributed by atoms with Gasteiger partial charge in [-0.2, -0.15) is 0 Å². The van der Waals surface area contributed by atoms with Crippen molar-refractivity contribution >= 4 is 27.8 Å². The first-order valence-corrected chi connectivity index (χ1v) is 20.5. The van der Waals surface area contributed by atoms with Crippen molar-refractivity contribution in [3.05, 3.63) is 150 Å². The van der Waals surface area contributed by atoms with E-state index in [1.165, 1.54) is 106 Å². The van der Waals surface area contributed by atoms with Gasteiger partial charge in [0.1, 0.15) is 0 Å². The predicted molar refractivity (Wildman–Crippen MR) is 223 cm³/mol. The zero-order chi connectivity index (χ0) is 35.7. The molecule has 12 rings (SSSR count). The van der Waals surface area contributed by atoms with E-state index in [4.69, 9.17) is 0 Å². The highest BCUT2D eigenvalue weighted by Gasteiger charge is 2.61. The molecule has 4 fully saturated rings. The SMILES string of the molecule is CC1(C)CCC(C)(C)c2c(N(c3ccc(-c4ccc5c(c4)-c4ccccc4C54C5CC6CC(C5)CC4C6)cc3)c3ccc4ccccc4c3)cccc21. The van der Waals surface area contributed by atoms with Crippen molar-refractivity contribution in [1.29, 1.82) is 0 Å². The highest BCUT2D eigenvalue weighted by atomic mass is 15.1. The van der Waals surface area contributed by atoms with Gasteiger partial charge in [-0.25, -0.2) is 0 Å². The second kappa shape index (κ2) is 11.2. The van der Waals surface area contributed by atoms with Crippen LogP contribution in [0.25, 0.3) is 33.0 Å². The van der Waals surface area contributed by atoms with Gasteiger partial charge in [0.05, 0.1) is 5.69 Å². The molecule has 0 heterocycles. The molecule has 0 atom stereocenters. The fourth-order valence-electron chi connectivity index (χ4n) is 12.8. The number of benzene rings is 6. The molecule has 6 aliphatic rings. The maximum atomic E-state index is 2.56. The Balaban J connectivity index is 1.03. The van der Waals surface area contributed by atoms with E-state index in [0.717, 1.165) is 23.7 Å². The Morgan fingerprint density at radius 1 is 0.472 bits per heavy atom. The van der Waals surface area contributed by atoms with Crippen molar-refractivity contribution in [2.24, 2.45) is 23.7 Å². The van der Waals surface area contributed by atoms with Crippen molar-refractivity contribution in [3.8, 4) is 22.3 Å². The van der Waals surface area contributed by atoms with E-state index in [0.29, 0.717) is 0 Å². The lowest BCUT2D eigenvalue weighted by molar-refractivity contribution is -0.0399. The summed E-state index contributed by atoms with van der Waals surface area (Å²) in [5.41, 5.74) is 16.0. The van der Waals surface area contributed by atoms with Gasteiger partial charge in [0.25, 0.3) is 0 Å². The summed E-state index contributed by atoms with van der Waals surface area (Å²) in [5, 5.41) is 2.54. The van der Waals surface area contributed by atoms with E-state index >= 15 is 0 Å². The van der Waals surface area contributed by atoms with Crippen molar-refractivity contribution in [2.45, 2.75) is 88.9 Å². The molecule has 0 radical (unpaired) electrons. The fraction of sp³-hybridized carbons (Fsp3) is 0.346. The molecule has 4 saturated carbocycles. The lowest BCUT2D eigenvalue weighted by Gasteiger charge is -2.61. The maximum Gasteiger partial charge on any atom is 0.0502 e. The Kier molecular flexibility index (Phi) is 6.74. The first-order valence-electron chi connectivity index (χ1n) is 20.5. The molecule has 1 spiro atoms. The zero-order valence-electron chi connectivity index (χ0n) is 31.8. The van der Waals surface area contributed by atoms with Gasteiger partial charge in [-0.1, -0.05) is 119 Å². The van der Waals surface area contributed by atoms with Gasteiger partial charge in [-0.3, -0.25) is 0 Å². The largest absolute Gasteiger partial charge is 0.310 e. The minimum Gasteiger partial charge on any atom is -0.310 e. The van der Waals surface area contributed by atoms with Crippen LogP contribution in [0.2, 0.25) is 0 Å². The van der Waals surface area contributed by atoms with Crippen molar-refractivity contribution in [2.75, 3.05) is 4.90 Å². The third-order valence-corrected chi connectivity index (χ3v) is 15.1. The van der Waals surface area contributed by atoms with Crippen LogP contribution in [-0.2, 0) is 16.2 Å². The van der Waals surface area contributed by atoms with Crippen molar-refractivity contribution in [1.82, 2.24) is 0 Å². The van der Waals surface area contributed by atoms with Crippen LogP contribution in [0.4, 0.5) is 17.1 Å². The van der Waals surface area contributed by atoms with Crippen LogP contribution in [-0.4, -0.2) is 0 Å². The molecule has 0 aromatic heterocycles. The summed E-state index contributed by atoms with van der Waals surface area (Å²) in [6.07, 6.45) is 9.59. The summed E-state index contributed by atoms with van der Waals surface area (Å²) >= 11 is 0. The highest BCUT2D eigenvalue weighted by Crippen LogP contribution is 2.69. The summed E-state index contributed by atoms with van der Waals surface area (Å²) in [4.78, 5) is 2.54. The van der Waals surface area contributed by atoms with Gasteiger partial charge in [-0.05, 0) is 171 Å². The van der Waals surface area contributed by atoms with E-state index in [-0.39, 0.29) is 16.2 Å². The molecule has 0 unspecified atom stereocenters. The summed E-state index contributed by atoms with van der Waals surface area (Å²) in [7, 11) is 0. The van der Waals surface area contributed by atoms with Gasteiger partial charge in [0.15, 0.2) is 0 Å². The van der Waals surface area contributed by atoms with Gasteiger partial charge in [0, 0.05) is 16.8 Å². The zero-order valence-corrected chi connectivity index (χ0v) is 31.8. The number of fused-ring (bicyclic) bond motifs is 5. The molecular weight excluding hydrogens is 639 g/mol. The van der Waals surface area contributed by atoms with E-state index in [2.05, 4.69) is 160 Å². The van der Waals surface area contributed by atoms with E-state index in [1.807, 2.05) is 0 Å². The molecule has 0 aliphatic heterocycles. The van der Waals surface area contributed by atoms with Crippen LogP contribution in [0.5, 0.6) is 0 Å². The number of rotatable bonds is 4. The van der Waals surface area contributed by atoms with Crippen LogP contribution in [0.1, 0.15) is 94.9 Å². The van der Waals surface area contributed by atoms with Gasteiger partial charge in [-0.15, -0.1) is 0 Å². The summed E-state index contributed by atoms with van der Waals surface area (Å²) in [6, 6.07) is 49.3. The minimum atomic E-state index is 0.0752. The fourth-order valence-corrected chi connectivity index (χ4v) is 12.8. The summed E-state index contributed by atoms with van der Waals surface area (Å²) in [6.45, 7) is 9.76. The second-order valence-corrected chi connectivity index (χ2v) is 18.9. The van der Waals surface area contributed by atoms with Crippen LogP contribution in [0.15, 0.2) is 127 Å². The van der Waals surface area contributed by atoms with Crippen LogP contribution >= 0.6 is 0 Å². The lowest BCUT2D eigenvalue weighted by Crippen LogP contribution is -2.55. The molecule has 6 aromatic carbocycles. The molecule has 1 heteroatoms. The molecule has 0 saturated heterocycles. The Morgan fingerprint density at radius 3 is 1.87 bits per heavy atom. The second-order valence-electron chi connectivity index (χ2n) is 18.9. The minimum absolute atomic E-state index is 0.0752. The first-order chi connectivity index (χ1) is 25.7. The monoisotopic (exact) mass is 689 g/mol. The van der Waals surface area contributed by atoms with Crippen LogP contribution < -0.4 is 4.90 Å². The molecule has 0 N–H and O–H groups in total. The average Bonchev–Trinajstić information content (AvgIpc) is 3.46. The molecule has 264 valence electrons. The molecule has 53 heavy (non-hydrogen) atoms. The Morgan fingerprint density at radius 2 is 1.09 bits per heavy atom. The van der Waals surface area contributed by atoms with E-state index in [9.17, 15) is 0 Å². The standard InChI is InChI=1S/C52H51N/c1-50(2)24-25-51(3,4)49-47(50)14-9-15-48(49)53(42-22-18-35-10-5-6-11-37(35)31-42)41-20-16-36(17-21-41)38-19-23-46-44(32-38)43-12-7-8-13-45(43)52(46)39-27-33-26-34(29-39)30-40(52)28-33/h5-23,31-34,39-40H,24-30H2,1-4H3. The maximum absolute atomic E-state index is 2.56. The summed E-state index contributed by atoms with van der Waals surface area (Å²) in [5.74, 6) is 3.52. The molecule has 0 amide bonds. The number of anilines is 3. The van der Waals surface area contributed by atoms with Crippen molar-refractivity contribution in [3.63, 3.8) is 0 Å². The first kappa shape index (κ1) is 31.9. The van der Waals surface area contributed by atoms with Crippen LogP contribution in [0.3, 0.4) is 0 Å². The van der Waals surface area contributed by atoms with Gasteiger partial charge in [0.2, 0.25) is 0 Å². The van der Waals surface area contributed by atoms with E-state index in [1.54, 1.807) is 11.1 Å². The number of nitrogens with zero attached hydrogens (tertiary/aromatic N) is 1. The highest BCUT2D eigenvalue weighted by molar-refractivity contribution is 5.91. The predicted octanol–water partition coefficient (Wildman–Crippen LogP) is 14.0. The average molecular weight is 690 g/mol. The molecule has 6 aromatic rings. The molecule has 6 aliphatic carbocycles. The quantitative estimate of drug-likeness (QED) is 0.178. The Hall–Kier alpha value is -4.62. The number of hydrogen-bond donors (Lipinski definition) is 0. The topological polar surface area (TPSA) is 3.24 Å². The Bertz CT molecular complexity index is 2400. The molecule has 1 nitrogen and oxygen atoms in total. The smallest absolute Gasteiger partial charge is 0.0502 e. The third kappa shape index (κ3) is 4.55. The lowest BCUT2D eigenvalue weighted by atomic mass is 9.43. The van der Waals surface area contributed by atoms with Gasteiger partial charge >= 0.3 is 0 Å². The van der Waals surface area contributed by atoms with Crippen LogP contribution in [0, 0.1) is 23.7 Å². The van der Waals surface area contributed by atoms with E-state index < -0.39 is 0 Å². The van der Waals surface area contributed by atoms with Gasteiger partial charge < -0.3 is 4.90 Å². The summed E-state index contributed by atoms with van der Waals surface area (Å²) < 4.78 is 0. The van der Waals surface area contributed by atoms with Crippen molar-refractivity contribution < 1.29 is 0 Å². The normalized spacial score (nSPS) is 26.7. The number of hydrogen-bond acceptors (Lipinski definition) is 1. The molecule has 4 bridgehead atoms.